The number of aromatic nitrogens is 2. The summed E-state index contributed by atoms with van der Waals surface area (Å²) < 4.78 is 2.79. The van der Waals surface area contributed by atoms with Crippen LogP contribution in [0.1, 0.15) is 5.69 Å². The highest BCUT2D eigenvalue weighted by Crippen LogP contribution is 2.26. The van der Waals surface area contributed by atoms with Gasteiger partial charge in [0.15, 0.2) is 5.69 Å². The van der Waals surface area contributed by atoms with Crippen molar-refractivity contribution in [3.63, 3.8) is 0 Å². The zero-order chi connectivity index (χ0) is 13.9. The van der Waals surface area contributed by atoms with Gasteiger partial charge in [0.05, 0.1) is 11.4 Å². The molecule has 3 aromatic rings. The fourth-order valence-electron chi connectivity index (χ4n) is 2.06. The Morgan fingerprint density at radius 2 is 1.80 bits per heavy atom. The molecule has 0 radical (unpaired) electrons. The molecule has 0 amide bonds. The highest BCUT2D eigenvalue weighted by molar-refractivity contribution is 9.10. The third-order valence-electron chi connectivity index (χ3n) is 2.95. The molecule has 0 aliphatic carbocycles. The molecule has 0 N–H and O–H groups in total. The van der Waals surface area contributed by atoms with Crippen molar-refractivity contribution in [3.8, 4) is 23.0 Å². The van der Waals surface area contributed by atoms with Gasteiger partial charge in [-0.15, -0.1) is 0 Å². The third kappa shape index (κ3) is 2.36. The molecule has 0 saturated heterocycles. The Hall–Kier alpha value is -2.38. The summed E-state index contributed by atoms with van der Waals surface area (Å²) in [5.41, 5.74) is 3.25. The number of rotatable bonds is 2. The van der Waals surface area contributed by atoms with E-state index < -0.39 is 0 Å². The van der Waals surface area contributed by atoms with Crippen LogP contribution in [0.5, 0.6) is 0 Å². The monoisotopic (exact) mass is 323 g/mol. The Morgan fingerprint density at radius 1 is 1.00 bits per heavy atom. The highest BCUT2D eigenvalue weighted by atomic mass is 79.9. The van der Waals surface area contributed by atoms with Crippen LogP contribution < -0.4 is 0 Å². The van der Waals surface area contributed by atoms with Gasteiger partial charge in [-0.05, 0) is 24.3 Å². The zero-order valence-electron chi connectivity index (χ0n) is 10.5. The molecule has 1 aromatic heterocycles. The van der Waals surface area contributed by atoms with Crippen LogP contribution in [0.15, 0.2) is 65.1 Å². The van der Waals surface area contributed by atoms with Gasteiger partial charge in [-0.25, -0.2) is 4.68 Å². The van der Waals surface area contributed by atoms with Gasteiger partial charge in [0, 0.05) is 16.1 Å². The summed E-state index contributed by atoms with van der Waals surface area (Å²) in [4.78, 5) is 0. The standard InChI is InChI=1S/C16H10BrN3/c17-13-6-4-5-12(9-13)16-10-14(11-18)19-20(16)15-7-2-1-3-8-15/h1-10H. The van der Waals surface area contributed by atoms with Crippen molar-refractivity contribution in [2.75, 3.05) is 0 Å². The second-order valence-electron chi connectivity index (χ2n) is 4.28. The molecule has 0 spiro atoms. The lowest BCUT2D eigenvalue weighted by Crippen LogP contribution is -1.98. The minimum absolute atomic E-state index is 0.406. The van der Waals surface area contributed by atoms with Gasteiger partial charge in [-0.1, -0.05) is 46.3 Å². The van der Waals surface area contributed by atoms with Crippen LogP contribution in [-0.4, -0.2) is 9.78 Å². The number of hydrogen-bond acceptors (Lipinski definition) is 2. The molecule has 0 unspecified atom stereocenters. The van der Waals surface area contributed by atoms with Crippen LogP contribution in [0.25, 0.3) is 16.9 Å². The molecule has 0 atom stereocenters. The van der Waals surface area contributed by atoms with Crippen LogP contribution in [0, 0.1) is 11.3 Å². The van der Waals surface area contributed by atoms with Crippen molar-refractivity contribution in [1.29, 1.82) is 5.26 Å². The minimum Gasteiger partial charge on any atom is -0.232 e. The fourth-order valence-corrected chi connectivity index (χ4v) is 2.45. The molecular formula is C16H10BrN3. The molecule has 96 valence electrons. The van der Waals surface area contributed by atoms with Gasteiger partial charge in [0.25, 0.3) is 0 Å². The predicted molar refractivity (Wildman–Crippen MR) is 81.4 cm³/mol. The van der Waals surface area contributed by atoms with Gasteiger partial charge < -0.3 is 0 Å². The first-order valence-electron chi connectivity index (χ1n) is 6.09. The molecule has 0 fully saturated rings. The molecule has 2 aromatic carbocycles. The van der Waals surface area contributed by atoms with Crippen molar-refractivity contribution >= 4 is 15.9 Å². The van der Waals surface area contributed by atoms with Crippen LogP contribution >= 0.6 is 15.9 Å². The van der Waals surface area contributed by atoms with E-state index in [4.69, 9.17) is 5.26 Å². The van der Waals surface area contributed by atoms with Crippen LogP contribution in [-0.2, 0) is 0 Å². The maximum absolute atomic E-state index is 9.09. The van der Waals surface area contributed by atoms with E-state index >= 15 is 0 Å². The predicted octanol–water partition coefficient (Wildman–Crippen LogP) is 4.17. The van der Waals surface area contributed by atoms with Crippen LogP contribution in [0.3, 0.4) is 0 Å². The topological polar surface area (TPSA) is 41.6 Å². The maximum atomic E-state index is 9.09. The van der Waals surface area contributed by atoms with E-state index in [9.17, 15) is 0 Å². The first kappa shape index (κ1) is 12.6. The van der Waals surface area contributed by atoms with Gasteiger partial charge in [0.1, 0.15) is 6.07 Å². The summed E-state index contributed by atoms with van der Waals surface area (Å²) >= 11 is 3.47. The van der Waals surface area contributed by atoms with E-state index in [-0.39, 0.29) is 0 Å². The summed E-state index contributed by atoms with van der Waals surface area (Å²) in [5.74, 6) is 0. The number of para-hydroxylation sites is 1. The van der Waals surface area contributed by atoms with Crippen LogP contribution in [0.2, 0.25) is 0 Å². The summed E-state index contributed by atoms with van der Waals surface area (Å²) in [5, 5.41) is 13.4. The molecule has 0 saturated carbocycles. The average molecular weight is 324 g/mol. The highest BCUT2D eigenvalue weighted by Gasteiger charge is 2.11. The van der Waals surface area contributed by atoms with E-state index in [1.807, 2.05) is 54.6 Å². The maximum Gasteiger partial charge on any atom is 0.163 e. The number of hydrogen-bond donors (Lipinski definition) is 0. The Morgan fingerprint density at radius 3 is 2.50 bits per heavy atom. The fraction of sp³-hybridized carbons (Fsp3) is 0. The number of nitrogens with zero attached hydrogens (tertiary/aromatic N) is 3. The molecule has 1 heterocycles. The van der Waals surface area contributed by atoms with E-state index in [0.29, 0.717) is 5.69 Å². The normalized spacial score (nSPS) is 10.2. The van der Waals surface area contributed by atoms with Crippen molar-refractivity contribution in [2.45, 2.75) is 0 Å². The molecule has 4 heteroatoms. The minimum atomic E-state index is 0.406. The second kappa shape index (κ2) is 5.32. The van der Waals surface area contributed by atoms with E-state index in [1.165, 1.54) is 0 Å². The van der Waals surface area contributed by atoms with Crippen molar-refractivity contribution in [2.24, 2.45) is 0 Å². The molecule has 0 bridgehead atoms. The lowest BCUT2D eigenvalue weighted by Gasteiger charge is -2.07. The molecule has 3 rings (SSSR count). The van der Waals surface area contributed by atoms with E-state index in [0.717, 1.165) is 21.4 Å². The third-order valence-corrected chi connectivity index (χ3v) is 3.44. The van der Waals surface area contributed by atoms with Crippen LogP contribution in [0.4, 0.5) is 0 Å². The zero-order valence-corrected chi connectivity index (χ0v) is 12.1. The quantitative estimate of drug-likeness (QED) is 0.710. The van der Waals surface area contributed by atoms with E-state index in [2.05, 4.69) is 27.1 Å². The molecule has 0 aliphatic rings. The van der Waals surface area contributed by atoms with Crippen molar-refractivity contribution < 1.29 is 0 Å². The molecule has 20 heavy (non-hydrogen) atoms. The van der Waals surface area contributed by atoms with Crippen molar-refractivity contribution in [1.82, 2.24) is 9.78 Å². The van der Waals surface area contributed by atoms with Gasteiger partial charge in [-0.2, -0.15) is 10.4 Å². The summed E-state index contributed by atoms with van der Waals surface area (Å²) in [6.07, 6.45) is 0. The number of halogens is 1. The summed E-state index contributed by atoms with van der Waals surface area (Å²) in [7, 11) is 0. The lowest BCUT2D eigenvalue weighted by molar-refractivity contribution is 0.880. The first-order valence-corrected chi connectivity index (χ1v) is 6.89. The Bertz CT molecular complexity index is 785. The summed E-state index contributed by atoms with van der Waals surface area (Å²) in [6.45, 7) is 0. The number of nitriles is 1. The number of benzene rings is 2. The molecule has 3 nitrogen and oxygen atoms in total. The Kier molecular flexibility index (Phi) is 3.36. The SMILES string of the molecule is N#Cc1cc(-c2cccc(Br)c2)n(-c2ccccc2)n1. The van der Waals surface area contributed by atoms with Gasteiger partial charge in [0.2, 0.25) is 0 Å². The first-order chi connectivity index (χ1) is 9.78. The largest absolute Gasteiger partial charge is 0.232 e. The lowest BCUT2D eigenvalue weighted by atomic mass is 10.1. The van der Waals surface area contributed by atoms with E-state index in [1.54, 1.807) is 10.7 Å². The van der Waals surface area contributed by atoms with Gasteiger partial charge >= 0.3 is 0 Å². The smallest absolute Gasteiger partial charge is 0.163 e. The molecular weight excluding hydrogens is 314 g/mol. The molecule has 0 aliphatic heterocycles. The van der Waals surface area contributed by atoms with Crippen molar-refractivity contribution in [3.05, 3.63) is 70.8 Å². The van der Waals surface area contributed by atoms with Gasteiger partial charge in [-0.3, -0.25) is 0 Å². The Balaban J connectivity index is 2.21. The summed E-state index contributed by atoms with van der Waals surface area (Å²) in [6, 6.07) is 21.6. The average Bonchev–Trinajstić information content (AvgIpc) is 2.92. The second-order valence-corrected chi connectivity index (χ2v) is 5.20. The Labute approximate surface area is 125 Å².